The Kier molecular flexibility index (Phi) is 6.81. The SMILES string of the molecule is COC(=O)C[C@@H](/C=C/CO)CCc1ccccc1. The van der Waals surface area contributed by atoms with Gasteiger partial charge in [0, 0.05) is 0 Å². The van der Waals surface area contributed by atoms with Crippen molar-refractivity contribution in [3.8, 4) is 0 Å². The van der Waals surface area contributed by atoms with Gasteiger partial charge in [0.1, 0.15) is 0 Å². The first-order chi connectivity index (χ1) is 8.76. The third kappa shape index (κ3) is 5.64. The Bertz CT molecular complexity index is 371. The maximum atomic E-state index is 11.3. The van der Waals surface area contributed by atoms with Crippen LogP contribution in [-0.2, 0) is 16.0 Å². The summed E-state index contributed by atoms with van der Waals surface area (Å²) in [5.41, 5.74) is 1.25. The number of esters is 1. The van der Waals surface area contributed by atoms with Gasteiger partial charge in [-0.25, -0.2) is 0 Å². The Morgan fingerprint density at radius 2 is 2.11 bits per heavy atom. The molecule has 3 nitrogen and oxygen atoms in total. The molecule has 1 N–H and O–H groups in total. The molecule has 0 bridgehead atoms. The van der Waals surface area contributed by atoms with E-state index in [2.05, 4.69) is 16.9 Å². The molecule has 98 valence electrons. The minimum absolute atomic E-state index is 0.00299. The number of aliphatic hydroxyl groups is 1. The van der Waals surface area contributed by atoms with Crippen LogP contribution in [0, 0.1) is 5.92 Å². The Labute approximate surface area is 108 Å². The molecular weight excluding hydrogens is 228 g/mol. The Hall–Kier alpha value is -1.61. The molecule has 0 unspecified atom stereocenters. The van der Waals surface area contributed by atoms with Crippen LogP contribution in [0.25, 0.3) is 0 Å². The van der Waals surface area contributed by atoms with Crippen molar-refractivity contribution in [3.05, 3.63) is 48.0 Å². The number of carbonyl (C=O) groups excluding carboxylic acids is 1. The van der Waals surface area contributed by atoms with Crippen LogP contribution >= 0.6 is 0 Å². The number of aryl methyl sites for hydroxylation is 1. The lowest BCUT2D eigenvalue weighted by molar-refractivity contribution is -0.141. The lowest BCUT2D eigenvalue weighted by Gasteiger charge is -2.11. The second-order valence-corrected chi connectivity index (χ2v) is 4.18. The van der Waals surface area contributed by atoms with E-state index in [0.717, 1.165) is 12.8 Å². The van der Waals surface area contributed by atoms with Crippen molar-refractivity contribution in [3.63, 3.8) is 0 Å². The van der Waals surface area contributed by atoms with Crippen molar-refractivity contribution in [1.29, 1.82) is 0 Å². The van der Waals surface area contributed by atoms with Gasteiger partial charge in [0.2, 0.25) is 0 Å². The fraction of sp³-hybridized carbons (Fsp3) is 0.400. The first-order valence-corrected chi connectivity index (χ1v) is 6.14. The van der Waals surface area contributed by atoms with E-state index in [1.54, 1.807) is 6.08 Å². The van der Waals surface area contributed by atoms with Crippen molar-refractivity contribution in [2.75, 3.05) is 13.7 Å². The van der Waals surface area contributed by atoms with E-state index in [1.807, 2.05) is 24.3 Å². The Morgan fingerprint density at radius 1 is 1.39 bits per heavy atom. The van der Waals surface area contributed by atoms with Gasteiger partial charge in [-0.1, -0.05) is 42.5 Å². The highest BCUT2D eigenvalue weighted by Crippen LogP contribution is 2.15. The van der Waals surface area contributed by atoms with Crippen LogP contribution in [0.3, 0.4) is 0 Å². The number of allylic oxidation sites excluding steroid dienone is 1. The predicted molar refractivity (Wildman–Crippen MR) is 71.1 cm³/mol. The third-order valence-corrected chi connectivity index (χ3v) is 2.82. The van der Waals surface area contributed by atoms with Gasteiger partial charge < -0.3 is 9.84 Å². The zero-order valence-corrected chi connectivity index (χ0v) is 10.7. The third-order valence-electron chi connectivity index (χ3n) is 2.82. The van der Waals surface area contributed by atoms with Crippen molar-refractivity contribution in [2.24, 2.45) is 5.92 Å². The van der Waals surface area contributed by atoms with Gasteiger partial charge in [0.05, 0.1) is 20.1 Å². The summed E-state index contributed by atoms with van der Waals surface area (Å²) in [5.74, 6) is -0.0968. The van der Waals surface area contributed by atoms with E-state index in [0.29, 0.717) is 6.42 Å². The summed E-state index contributed by atoms with van der Waals surface area (Å²) in [6.45, 7) is 0.00299. The predicted octanol–water partition coefficient (Wildman–Crippen LogP) is 2.35. The van der Waals surface area contributed by atoms with Crippen molar-refractivity contribution < 1.29 is 14.6 Å². The van der Waals surface area contributed by atoms with Crippen molar-refractivity contribution in [1.82, 2.24) is 0 Å². The highest BCUT2D eigenvalue weighted by Gasteiger charge is 2.11. The minimum Gasteiger partial charge on any atom is -0.469 e. The Morgan fingerprint density at radius 3 is 2.72 bits per heavy atom. The Balaban J connectivity index is 2.50. The fourth-order valence-electron chi connectivity index (χ4n) is 1.81. The maximum Gasteiger partial charge on any atom is 0.306 e. The first kappa shape index (κ1) is 14.5. The molecule has 18 heavy (non-hydrogen) atoms. The van der Waals surface area contributed by atoms with Crippen LogP contribution in [0.5, 0.6) is 0 Å². The van der Waals surface area contributed by atoms with Gasteiger partial charge in [0.15, 0.2) is 0 Å². The molecule has 0 aliphatic rings. The summed E-state index contributed by atoms with van der Waals surface area (Å²) in [7, 11) is 1.40. The largest absolute Gasteiger partial charge is 0.469 e. The second-order valence-electron chi connectivity index (χ2n) is 4.18. The molecule has 1 aromatic carbocycles. The monoisotopic (exact) mass is 248 g/mol. The van der Waals surface area contributed by atoms with Gasteiger partial charge in [-0.05, 0) is 24.3 Å². The molecule has 3 heteroatoms. The highest BCUT2D eigenvalue weighted by atomic mass is 16.5. The zero-order chi connectivity index (χ0) is 13.2. The van der Waals surface area contributed by atoms with Gasteiger partial charge in [-0.15, -0.1) is 0 Å². The number of ether oxygens (including phenoxy) is 1. The number of hydrogen-bond donors (Lipinski definition) is 1. The van der Waals surface area contributed by atoms with Gasteiger partial charge in [-0.3, -0.25) is 4.79 Å². The number of benzene rings is 1. The average molecular weight is 248 g/mol. The summed E-state index contributed by atoms with van der Waals surface area (Å²) in [6, 6.07) is 10.2. The van der Waals surface area contributed by atoms with Crippen LogP contribution in [0.2, 0.25) is 0 Å². The lowest BCUT2D eigenvalue weighted by atomic mass is 9.96. The lowest BCUT2D eigenvalue weighted by Crippen LogP contribution is -2.09. The molecular formula is C15H20O3. The van der Waals surface area contributed by atoms with E-state index in [1.165, 1.54) is 12.7 Å². The van der Waals surface area contributed by atoms with Crippen LogP contribution in [0.4, 0.5) is 0 Å². The van der Waals surface area contributed by atoms with Gasteiger partial charge >= 0.3 is 5.97 Å². The summed E-state index contributed by atoms with van der Waals surface area (Å²) in [4.78, 5) is 11.3. The number of aliphatic hydroxyl groups excluding tert-OH is 1. The smallest absolute Gasteiger partial charge is 0.306 e. The number of carbonyl (C=O) groups is 1. The number of methoxy groups -OCH3 is 1. The maximum absolute atomic E-state index is 11.3. The van der Waals surface area contributed by atoms with Crippen LogP contribution in [0.15, 0.2) is 42.5 Å². The fourth-order valence-corrected chi connectivity index (χ4v) is 1.81. The number of rotatable bonds is 7. The molecule has 0 aliphatic heterocycles. The van der Waals surface area contributed by atoms with Crippen LogP contribution in [0.1, 0.15) is 18.4 Å². The van der Waals surface area contributed by atoms with E-state index in [4.69, 9.17) is 5.11 Å². The van der Waals surface area contributed by atoms with E-state index in [9.17, 15) is 4.79 Å². The molecule has 0 amide bonds. The average Bonchev–Trinajstić information content (AvgIpc) is 2.42. The second kappa shape index (κ2) is 8.48. The van der Waals surface area contributed by atoms with Crippen molar-refractivity contribution in [2.45, 2.75) is 19.3 Å². The molecule has 0 aromatic heterocycles. The topological polar surface area (TPSA) is 46.5 Å². The quantitative estimate of drug-likeness (QED) is 0.595. The molecule has 0 saturated heterocycles. The van der Waals surface area contributed by atoms with Gasteiger partial charge in [-0.2, -0.15) is 0 Å². The minimum atomic E-state index is -0.212. The van der Waals surface area contributed by atoms with E-state index < -0.39 is 0 Å². The normalized spacial score (nSPS) is 12.6. The highest BCUT2D eigenvalue weighted by molar-refractivity contribution is 5.69. The summed E-state index contributed by atoms with van der Waals surface area (Å²) >= 11 is 0. The molecule has 0 aliphatic carbocycles. The molecule has 0 radical (unpaired) electrons. The van der Waals surface area contributed by atoms with E-state index in [-0.39, 0.29) is 18.5 Å². The molecule has 1 atom stereocenters. The van der Waals surface area contributed by atoms with E-state index >= 15 is 0 Å². The molecule has 0 saturated carbocycles. The first-order valence-electron chi connectivity index (χ1n) is 6.14. The molecule has 0 fully saturated rings. The zero-order valence-electron chi connectivity index (χ0n) is 10.7. The molecule has 1 rings (SSSR count). The molecule has 0 spiro atoms. The summed E-state index contributed by atoms with van der Waals surface area (Å²) in [5, 5.41) is 8.79. The van der Waals surface area contributed by atoms with Crippen LogP contribution in [-0.4, -0.2) is 24.8 Å². The molecule has 1 aromatic rings. The van der Waals surface area contributed by atoms with Gasteiger partial charge in [0.25, 0.3) is 0 Å². The summed E-state index contributed by atoms with van der Waals surface area (Å²) in [6.07, 6.45) is 5.71. The molecule has 0 heterocycles. The summed E-state index contributed by atoms with van der Waals surface area (Å²) < 4.78 is 4.68. The standard InChI is InChI=1S/C15H20O3/c1-18-15(17)12-14(8-5-11-16)10-9-13-6-3-2-4-7-13/h2-8,14,16H,9-12H2,1H3/b8-5+/t14-/m0/s1. The number of hydrogen-bond acceptors (Lipinski definition) is 3. The van der Waals surface area contributed by atoms with Crippen molar-refractivity contribution >= 4 is 5.97 Å². The van der Waals surface area contributed by atoms with Crippen LogP contribution < -0.4 is 0 Å².